The third kappa shape index (κ3) is 4.25. The summed E-state index contributed by atoms with van der Waals surface area (Å²) < 4.78 is 27.5. The van der Waals surface area contributed by atoms with E-state index >= 15 is 0 Å². The number of fused-ring (bicyclic) bond motifs is 1. The minimum atomic E-state index is -3.43. The maximum absolute atomic E-state index is 12.0. The van der Waals surface area contributed by atoms with Gasteiger partial charge in [-0.1, -0.05) is 12.1 Å². The first kappa shape index (κ1) is 17.6. The molecule has 0 aliphatic rings. The zero-order valence-corrected chi connectivity index (χ0v) is 15.2. The van der Waals surface area contributed by atoms with Crippen LogP contribution < -0.4 is 10.0 Å². The summed E-state index contributed by atoms with van der Waals surface area (Å²) in [6, 6.07) is 6.52. The lowest BCUT2D eigenvalue weighted by atomic mass is 10.1. The number of thiazole rings is 1. The number of carbonyl (C=O) groups is 1. The van der Waals surface area contributed by atoms with E-state index in [9.17, 15) is 13.2 Å². The molecule has 9 heteroatoms. The van der Waals surface area contributed by atoms with Crippen molar-refractivity contribution < 1.29 is 13.2 Å². The van der Waals surface area contributed by atoms with Gasteiger partial charge in [-0.25, -0.2) is 18.1 Å². The Bertz CT molecular complexity index is 946. The smallest absolute Gasteiger partial charge is 0.240 e. The maximum Gasteiger partial charge on any atom is 0.240 e. The summed E-state index contributed by atoms with van der Waals surface area (Å²) in [7, 11) is -2.06. The van der Waals surface area contributed by atoms with Gasteiger partial charge >= 0.3 is 0 Å². The Morgan fingerprint density at radius 3 is 2.72 bits per heavy atom. The number of imidazole rings is 1. The van der Waals surface area contributed by atoms with Crippen LogP contribution in [0.3, 0.4) is 0 Å². The topological polar surface area (TPSA) is 92.6 Å². The molecular formula is C16H18N4O3S2. The first-order valence-corrected chi connectivity index (χ1v) is 10.0. The van der Waals surface area contributed by atoms with Crippen LogP contribution in [0.15, 0.2) is 46.9 Å². The molecule has 2 heterocycles. The summed E-state index contributed by atoms with van der Waals surface area (Å²) in [6.45, 7) is 0.395. The predicted molar refractivity (Wildman–Crippen MR) is 95.9 cm³/mol. The normalized spacial score (nSPS) is 11.7. The van der Waals surface area contributed by atoms with Gasteiger partial charge in [0.2, 0.25) is 15.9 Å². The third-order valence-corrected chi connectivity index (χ3v) is 5.95. The molecule has 1 amide bonds. The van der Waals surface area contributed by atoms with Gasteiger partial charge in [0, 0.05) is 24.2 Å². The number of amides is 1. The summed E-state index contributed by atoms with van der Waals surface area (Å²) in [5.41, 5.74) is 1.73. The van der Waals surface area contributed by atoms with E-state index in [1.165, 1.54) is 19.2 Å². The minimum Gasteiger partial charge on any atom is -0.350 e. The van der Waals surface area contributed by atoms with E-state index in [1.54, 1.807) is 23.5 Å². The molecule has 0 saturated carbocycles. The molecule has 3 rings (SSSR count). The standard InChI is InChI=1S/C16H18N4O3S2/c1-17-25(22,23)14-5-2-12(3-6-14)4-7-15(21)18-10-13-11-20-8-9-24-16(20)19-13/h2-3,5-6,8-9,11,17H,4,7,10H2,1H3,(H,18,21). The number of carbonyl (C=O) groups excluding carboxylic acids is 1. The molecule has 0 aliphatic carbocycles. The lowest BCUT2D eigenvalue weighted by Gasteiger charge is -2.05. The first-order chi connectivity index (χ1) is 12.0. The average Bonchev–Trinajstić information content (AvgIpc) is 3.20. The van der Waals surface area contributed by atoms with Gasteiger partial charge in [-0.05, 0) is 31.2 Å². The molecule has 0 aliphatic heterocycles. The lowest BCUT2D eigenvalue weighted by Crippen LogP contribution is -2.23. The fourth-order valence-electron chi connectivity index (χ4n) is 2.35. The molecule has 2 aromatic heterocycles. The third-order valence-electron chi connectivity index (χ3n) is 3.75. The van der Waals surface area contributed by atoms with E-state index in [4.69, 9.17) is 0 Å². The summed E-state index contributed by atoms with van der Waals surface area (Å²) >= 11 is 1.55. The van der Waals surface area contributed by atoms with Crippen LogP contribution in [0.25, 0.3) is 4.96 Å². The van der Waals surface area contributed by atoms with Crippen molar-refractivity contribution >= 4 is 32.2 Å². The van der Waals surface area contributed by atoms with Gasteiger partial charge < -0.3 is 5.32 Å². The second kappa shape index (κ2) is 7.34. The van der Waals surface area contributed by atoms with Crippen LogP contribution in [0, 0.1) is 0 Å². The highest BCUT2D eigenvalue weighted by Gasteiger charge is 2.11. The predicted octanol–water partition coefficient (Wildman–Crippen LogP) is 1.55. The fourth-order valence-corrected chi connectivity index (χ4v) is 3.80. The Balaban J connectivity index is 1.49. The zero-order valence-electron chi connectivity index (χ0n) is 13.6. The number of aryl methyl sites for hydroxylation is 1. The van der Waals surface area contributed by atoms with E-state index in [-0.39, 0.29) is 10.8 Å². The summed E-state index contributed by atoms with van der Waals surface area (Å²) in [6.07, 6.45) is 4.70. The van der Waals surface area contributed by atoms with Crippen LogP contribution in [0.5, 0.6) is 0 Å². The summed E-state index contributed by atoms with van der Waals surface area (Å²) in [5.74, 6) is -0.0664. The van der Waals surface area contributed by atoms with Crippen molar-refractivity contribution in [2.45, 2.75) is 24.3 Å². The number of hydrogen-bond acceptors (Lipinski definition) is 5. The summed E-state index contributed by atoms with van der Waals surface area (Å²) in [5, 5.41) is 4.80. The highest BCUT2D eigenvalue weighted by molar-refractivity contribution is 7.89. The van der Waals surface area contributed by atoms with E-state index in [0.717, 1.165) is 16.2 Å². The van der Waals surface area contributed by atoms with E-state index in [2.05, 4.69) is 15.0 Å². The summed E-state index contributed by atoms with van der Waals surface area (Å²) in [4.78, 5) is 17.5. The molecule has 7 nitrogen and oxygen atoms in total. The van der Waals surface area contributed by atoms with Crippen LogP contribution in [0.4, 0.5) is 0 Å². The number of hydrogen-bond donors (Lipinski definition) is 2. The molecule has 25 heavy (non-hydrogen) atoms. The first-order valence-electron chi connectivity index (χ1n) is 7.68. The molecule has 0 spiro atoms. The van der Waals surface area contributed by atoms with Crippen LogP contribution in [-0.2, 0) is 27.8 Å². The molecule has 0 fully saturated rings. The fraction of sp³-hybridized carbons (Fsp3) is 0.250. The van der Waals surface area contributed by atoms with Crippen LogP contribution in [0.1, 0.15) is 17.7 Å². The Morgan fingerprint density at radius 1 is 1.28 bits per heavy atom. The van der Waals surface area contributed by atoms with Gasteiger partial charge in [0.25, 0.3) is 0 Å². The number of rotatable bonds is 7. The van der Waals surface area contributed by atoms with Crippen molar-refractivity contribution in [3.8, 4) is 0 Å². The molecule has 1 aromatic carbocycles. The Morgan fingerprint density at radius 2 is 2.04 bits per heavy atom. The van der Waals surface area contributed by atoms with Crippen molar-refractivity contribution in [1.29, 1.82) is 0 Å². The monoisotopic (exact) mass is 378 g/mol. The molecule has 3 aromatic rings. The molecule has 0 saturated heterocycles. The van der Waals surface area contributed by atoms with Gasteiger partial charge in [0.1, 0.15) is 0 Å². The van der Waals surface area contributed by atoms with Crippen molar-refractivity contribution in [3.63, 3.8) is 0 Å². The minimum absolute atomic E-state index is 0.0664. The second-order valence-electron chi connectivity index (χ2n) is 5.45. The molecule has 0 unspecified atom stereocenters. The van der Waals surface area contributed by atoms with Gasteiger partial charge in [-0.15, -0.1) is 11.3 Å². The number of benzene rings is 1. The van der Waals surface area contributed by atoms with E-state index < -0.39 is 10.0 Å². The maximum atomic E-state index is 12.0. The number of nitrogens with zero attached hydrogens (tertiary/aromatic N) is 2. The SMILES string of the molecule is CNS(=O)(=O)c1ccc(CCC(=O)NCc2cn3ccsc3n2)cc1. The number of nitrogens with one attached hydrogen (secondary N) is 2. The quantitative estimate of drug-likeness (QED) is 0.652. The highest BCUT2D eigenvalue weighted by Crippen LogP contribution is 2.12. The Kier molecular flexibility index (Phi) is 5.16. The molecule has 2 N–H and O–H groups in total. The van der Waals surface area contributed by atoms with Gasteiger partial charge in [-0.3, -0.25) is 9.20 Å². The van der Waals surface area contributed by atoms with E-state index in [0.29, 0.717) is 19.4 Å². The number of sulfonamides is 1. The van der Waals surface area contributed by atoms with Crippen molar-refractivity contribution in [1.82, 2.24) is 19.4 Å². The lowest BCUT2D eigenvalue weighted by molar-refractivity contribution is -0.121. The zero-order chi connectivity index (χ0) is 17.9. The largest absolute Gasteiger partial charge is 0.350 e. The molecule has 132 valence electrons. The van der Waals surface area contributed by atoms with E-state index in [1.807, 2.05) is 22.2 Å². The molecule has 0 radical (unpaired) electrons. The van der Waals surface area contributed by atoms with Gasteiger partial charge in [0.05, 0.1) is 17.1 Å². The molecule has 0 bridgehead atoms. The van der Waals surface area contributed by atoms with Crippen molar-refractivity contribution in [3.05, 3.63) is 53.3 Å². The van der Waals surface area contributed by atoms with Crippen LogP contribution in [0.2, 0.25) is 0 Å². The molecular weight excluding hydrogens is 360 g/mol. The Hall–Kier alpha value is -2.23. The second-order valence-corrected chi connectivity index (χ2v) is 8.21. The highest BCUT2D eigenvalue weighted by atomic mass is 32.2. The van der Waals surface area contributed by atoms with Crippen molar-refractivity contribution in [2.75, 3.05) is 7.05 Å². The van der Waals surface area contributed by atoms with Gasteiger partial charge in [-0.2, -0.15) is 0 Å². The van der Waals surface area contributed by atoms with Crippen molar-refractivity contribution in [2.24, 2.45) is 0 Å². The van der Waals surface area contributed by atoms with Crippen LogP contribution >= 0.6 is 11.3 Å². The average molecular weight is 378 g/mol. The van der Waals surface area contributed by atoms with Crippen LogP contribution in [-0.4, -0.2) is 30.8 Å². The molecule has 0 atom stereocenters. The number of aromatic nitrogens is 2. The van der Waals surface area contributed by atoms with Gasteiger partial charge in [0.15, 0.2) is 4.96 Å². The Labute approximate surface area is 149 Å².